The number of Topliss-reactive ketones (excluding diaryl/α,β-unsaturated/α-hetero) is 1. The van der Waals surface area contributed by atoms with Crippen LogP contribution in [0.3, 0.4) is 0 Å². The first-order valence-electron chi connectivity index (χ1n) is 10.3. The normalized spacial score (nSPS) is 16.3. The average molecular weight is 419 g/mol. The number of carbonyl (C=O) groups is 2. The molecule has 1 aliphatic heterocycles. The van der Waals surface area contributed by atoms with E-state index in [1.54, 1.807) is 4.90 Å². The molecular formula is C23H22N4O2S. The predicted molar refractivity (Wildman–Crippen MR) is 116 cm³/mol. The summed E-state index contributed by atoms with van der Waals surface area (Å²) in [4.78, 5) is 26.7. The van der Waals surface area contributed by atoms with Gasteiger partial charge in [-0.15, -0.1) is 10.2 Å². The molecule has 0 unspecified atom stereocenters. The van der Waals surface area contributed by atoms with Crippen molar-refractivity contribution in [1.82, 2.24) is 14.8 Å². The predicted octanol–water partition coefficient (Wildman–Crippen LogP) is 4.25. The lowest BCUT2D eigenvalue weighted by Gasteiger charge is -2.16. The fourth-order valence-corrected chi connectivity index (χ4v) is 4.64. The van der Waals surface area contributed by atoms with E-state index < -0.39 is 0 Å². The number of para-hydroxylation sites is 1. The monoisotopic (exact) mass is 418 g/mol. The zero-order chi connectivity index (χ0) is 20.5. The summed E-state index contributed by atoms with van der Waals surface area (Å²) in [6.07, 6.45) is 3.71. The number of thioether (sulfide) groups is 1. The molecule has 5 rings (SSSR count). The van der Waals surface area contributed by atoms with Crippen LogP contribution in [0.5, 0.6) is 0 Å². The highest BCUT2D eigenvalue weighted by atomic mass is 32.2. The number of amides is 1. The smallest absolute Gasteiger partial charge is 0.227 e. The van der Waals surface area contributed by atoms with Crippen molar-refractivity contribution >= 4 is 29.1 Å². The zero-order valence-electron chi connectivity index (χ0n) is 16.5. The second-order valence-electron chi connectivity index (χ2n) is 7.70. The van der Waals surface area contributed by atoms with Crippen LogP contribution in [0.2, 0.25) is 0 Å². The molecule has 0 atom stereocenters. The molecule has 2 fully saturated rings. The number of benzene rings is 2. The van der Waals surface area contributed by atoms with Crippen molar-refractivity contribution in [2.75, 3.05) is 17.2 Å². The van der Waals surface area contributed by atoms with E-state index in [1.807, 2.05) is 54.6 Å². The number of rotatable bonds is 7. The van der Waals surface area contributed by atoms with Gasteiger partial charge in [0, 0.05) is 35.8 Å². The van der Waals surface area contributed by atoms with Crippen LogP contribution in [0.1, 0.15) is 47.8 Å². The van der Waals surface area contributed by atoms with E-state index in [0.717, 1.165) is 48.2 Å². The first-order chi connectivity index (χ1) is 14.7. The Balaban J connectivity index is 1.35. The van der Waals surface area contributed by atoms with Crippen molar-refractivity contribution in [2.24, 2.45) is 0 Å². The second kappa shape index (κ2) is 8.07. The molecule has 0 radical (unpaired) electrons. The summed E-state index contributed by atoms with van der Waals surface area (Å²) in [6, 6.07) is 17.4. The number of ketones is 1. The summed E-state index contributed by atoms with van der Waals surface area (Å²) in [7, 11) is 0. The van der Waals surface area contributed by atoms with Crippen LogP contribution in [-0.2, 0) is 4.79 Å². The Kier molecular flexibility index (Phi) is 5.12. The number of carbonyl (C=O) groups excluding carboxylic acids is 2. The summed E-state index contributed by atoms with van der Waals surface area (Å²) in [5, 5.41) is 9.54. The maximum Gasteiger partial charge on any atom is 0.227 e. The highest BCUT2D eigenvalue weighted by Crippen LogP contribution is 2.41. The minimum atomic E-state index is 0.0177. The number of hydrogen-bond donors (Lipinski definition) is 0. The van der Waals surface area contributed by atoms with Crippen molar-refractivity contribution in [3.63, 3.8) is 0 Å². The van der Waals surface area contributed by atoms with Gasteiger partial charge in [0.2, 0.25) is 5.91 Å². The van der Waals surface area contributed by atoms with Crippen molar-refractivity contribution in [3.8, 4) is 5.69 Å². The van der Waals surface area contributed by atoms with Crippen molar-refractivity contribution in [2.45, 2.75) is 36.8 Å². The summed E-state index contributed by atoms with van der Waals surface area (Å²) in [5.74, 6) is 1.84. The van der Waals surface area contributed by atoms with Crippen LogP contribution < -0.4 is 4.90 Å². The van der Waals surface area contributed by atoms with Crippen LogP contribution in [0, 0.1) is 0 Å². The molecule has 1 aromatic heterocycles. The maximum atomic E-state index is 12.9. The van der Waals surface area contributed by atoms with Gasteiger partial charge in [-0.25, -0.2) is 0 Å². The van der Waals surface area contributed by atoms with E-state index in [1.165, 1.54) is 11.8 Å². The zero-order valence-corrected chi connectivity index (χ0v) is 17.3. The SMILES string of the molecule is O=C(CSc1nnc(C2CC2)n1-c1ccccc1)c1cccc(N2CCCC2=O)c1. The topological polar surface area (TPSA) is 68.1 Å². The Morgan fingerprint density at radius 1 is 1.03 bits per heavy atom. The molecule has 1 amide bonds. The average Bonchev–Trinajstić information content (AvgIpc) is 3.40. The first kappa shape index (κ1) is 19.1. The van der Waals surface area contributed by atoms with Crippen molar-refractivity contribution in [1.29, 1.82) is 0 Å². The van der Waals surface area contributed by atoms with E-state index >= 15 is 0 Å². The Bertz CT molecular complexity index is 1090. The minimum absolute atomic E-state index is 0.0177. The third kappa shape index (κ3) is 3.77. The number of aromatic nitrogens is 3. The Morgan fingerprint density at radius 3 is 2.57 bits per heavy atom. The largest absolute Gasteiger partial charge is 0.312 e. The third-order valence-electron chi connectivity index (χ3n) is 5.50. The Hall–Kier alpha value is -2.93. The van der Waals surface area contributed by atoms with Gasteiger partial charge in [-0.1, -0.05) is 42.1 Å². The van der Waals surface area contributed by atoms with Gasteiger partial charge in [0.05, 0.1) is 5.75 Å². The van der Waals surface area contributed by atoms with E-state index in [2.05, 4.69) is 14.8 Å². The number of nitrogens with zero attached hydrogens (tertiary/aromatic N) is 4. The third-order valence-corrected chi connectivity index (χ3v) is 6.43. The molecule has 1 saturated carbocycles. The fourth-order valence-electron chi connectivity index (χ4n) is 3.78. The highest BCUT2D eigenvalue weighted by Gasteiger charge is 2.31. The fraction of sp³-hybridized carbons (Fsp3) is 0.304. The number of anilines is 1. The van der Waals surface area contributed by atoms with Crippen molar-refractivity contribution in [3.05, 3.63) is 66.0 Å². The number of hydrogen-bond acceptors (Lipinski definition) is 5. The van der Waals surface area contributed by atoms with Crippen LogP contribution in [-0.4, -0.2) is 38.8 Å². The molecule has 3 aromatic rings. The molecule has 1 saturated heterocycles. The minimum Gasteiger partial charge on any atom is -0.312 e. The molecule has 2 aliphatic rings. The van der Waals surface area contributed by atoms with E-state index in [0.29, 0.717) is 17.9 Å². The quantitative estimate of drug-likeness (QED) is 0.424. The summed E-state index contributed by atoms with van der Waals surface area (Å²) >= 11 is 1.41. The van der Waals surface area contributed by atoms with Gasteiger partial charge < -0.3 is 4.90 Å². The first-order valence-corrected chi connectivity index (χ1v) is 11.3. The molecule has 6 nitrogen and oxygen atoms in total. The molecule has 152 valence electrons. The standard InChI is InChI=1S/C23H22N4O2S/c28-20(17-6-4-9-19(14-17)26-13-5-10-21(26)29)15-30-23-25-24-22(16-11-12-16)27(23)18-7-2-1-3-8-18/h1-4,6-9,14,16H,5,10-13,15H2. The van der Waals surface area contributed by atoms with Crippen molar-refractivity contribution < 1.29 is 9.59 Å². The lowest BCUT2D eigenvalue weighted by Crippen LogP contribution is -2.23. The van der Waals surface area contributed by atoms with E-state index in [9.17, 15) is 9.59 Å². The lowest BCUT2D eigenvalue weighted by molar-refractivity contribution is -0.117. The molecule has 7 heteroatoms. The molecule has 1 aliphatic carbocycles. The van der Waals surface area contributed by atoms with Gasteiger partial charge in [0.15, 0.2) is 10.9 Å². The molecule has 0 bridgehead atoms. The Labute approximate surface area is 179 Å². The summed E-state index contributed by atoms with van der Waals surface area (Å²) in [5.41, 5.74) is 2.44. The van der Waals surface area contributed by atoms with Gasteiger partial charge in [-0.2, -0.15) is 0 Å². The van der Waals surface area contributed by atoms with Gasteiger partial charge in [-0.3, -0.25) is 14.2 Å². The molecule has 0 spiro atoms. The molecule has 2 heterocycles. The molecule has 2 aromatic carbocycles. The molecule has 0 N–H and O–H groups in total. The van der Waals surface area contributed by atoms with E-state index in [4.69, 9.17) is 0 Å². The van der Waals surface area contributed by atoms with Crippen LogP contribution in [0.15, 0.2) is 59.8 Å². The van der Waals surface area contributed by atoms with Gasteiger partial charge in [0.25, 0.3) is 0 Å². The van der Waals surface area contributed by atoms with Crippen LogP contribution >= 0.6 is 11.8 Å². The molecule has 30 heavy (non-hydrogen) atoms. The van der Waals surface area contributed by atoms with E-state index in [-0.39, 0.29) is 17.4 Å². The molecular weight excluding hydrogens is 396 g/mol. The van der Waals surface area contributed by atoms with Gasteiger partial charge in [-0.05, 0) is 43.5 Å². The summed E-state index contributed by atoms with van der Waals surface area (Å²) in [6.45, 7) is 0.718. The highest BCUT2D eigenvalue weighted by molar-refractivity contribution is 7.99. The van der Waals surface area contributed by atoms with Gasteiger partial charge in [0.1, 0.15) is 5.82 Å². The van der Waals surface area contributed by atoms with Crippen LogP contribution in [0.4, 0.5) is 5.69 Å². The van der Waals surface area contributed by atoms with Crippen LogP contribution in [0.25, 0.3) is 5.69 Å². The maximum absolute atomic E-state index is 12.9. The summed E-state index contributed by atoms with van der Waals surface area (Å²) < 4.78 is 2.08. The Morgan fingerprint density at radius 2 is 1.83 bits per heavy atom. The lowest BCUT2D eigenvalue weighted by atomic mass is 10.1. The second-order valence-corrected chi connectivity index (χ2v) is 8.64. The van der Waals surface area contributed by atoms with Gasteiger partial charge >= 0.3 is 0 Å².